The number of nitrogens with one attached hydrogen (secondary N) is 2. The maximum absolute atomic E-state index is 13.0. The van der Waals surface area contributed by atoms with Gasteiger partial charge in [0.2, 0.25) is 21.8 Å². The minimum Gasteiger partial charge on any atom is -0.476 e. The van der Waals surface area contributed by atoms with Crippen LogP contribution in [0, 0.1) is 5.92 Å². The zero-order valence-corrected chi connectivity index (χ0v) is 18.3. The van der Waals surface area contributed by atoms with Crippen LogP contribution < -0.4 is 14.8 Å². The number of aromatic carboxylic acids is 1. The molecule has 11 heteroatoms. The van der Waals surface area contributed by atoms with Crippen molar-refractivity contribution in [1.29, 1.82) is 0 Å². The lowest BCUT2D eigenvalue weighted by molar-refractivity contribution is -0.118. The van der Waals surface area contributed by atoms with Crippen molar-refractivity contribution < 1.29 is 27.9 Å². The van der Waals surface area contributed by atoms with Crippen LogP contribution >= 0.6 is 0 Å². The van der Waals surface area contributed by atoms with Crippen LogP contribution in [0.5, 0.6) is 11.6 Å². The number of hydrogen-bond acceptors (Lipinski definition) is 6. The van der Waals surface area contributed by atoms with Gasteiger partial charge in [-0.15, -0.1) is 0 Å². The lowest BCUT2D eigenvalue weighted by atomic mass is 10.2. The standard InChI is InChI=1S/C19H26N4O6S/c1-6-12(4)22-30(27,28)16-9-13(20-18(24)11(2)3)7-8-15(16)29-17-10-14(19(25)26)21-23(17)5/h7-12,22H,6H2,1-5H3,(H,20,24)(H,25,26)/t12-/m0/s1. The minimum atomic E-state index is -4.00. The summed E-state index contributed by atoms with van der Waals surface area (Å²) in [5.41, 5.74) is 0.0530. The van der Waals surface area contributed by atoms with E-state index in [1.807, 2.05) is 6.92 Å². The molecule has 0 saturated carbocycles. The van der Waals surface area contributed by atoms with Crippen LogP contribution in [0.15, 0.2) is 29.2 Å². The molecule has 1 atom stereocenters. The molecule has 2 aromatic rings. The highest BCUT2D eigenvalue weighted by molar-refractivity contribution is 7.89. The van der Waals surface area contributed by atoms with Crippen molar-refractivity contribution in [2.24, 2.45) is 13.0 Å². The maximum atomic E-state index is 13.0. The molecule has 0 spiro atoms. The second kappa shape index (κ2) is 9.26. The van der Waals surface area contributed by atoms with Crippen molar-refractivity contribution in [3.8, 4) is 11.6 Å². The minimum absolute atomic E-state index is 0.0340. The summed E-state index contributed by atoms with van der Waals surface area (Å²) in [4.78, 5) is 22.9. The summed E-state index contributed by atoms with van der Waals surface area (Å²) >= 11 is 0. The Bertz CT molecular complexity index is 1050. The number of aryl methyl sites for hydroxylation is 1. The fraction of sp³-hybridized carbons (Fsp3) is 0.421. The van der Waals surface area contributed by atoms with E-state index in [2.05, 4.69) is 15.1 Å². The quantitative estimate of drug-likeness (QED) is 0.547. The molecule has 2 rings (SSSR count). The van der Waals surface area contributed by atoms with E-state index < -0.39 is 16.0 Å². The van der Waals surface area contributed by atoms with Gasteiger partial charge in [-0.3, -0.25) is 4.79 Å². The second-order valence-corrected chi connectivity index (χ2v) is 8.82. The largest absolute Gasteiger partial charge is 0.476 e. The molecule has 1 aromatic heterocycles. The van der Waals surface area contributed by atoms with Crippen molar-refractivity contribution in [2.75, 3.05) is 5.32 Å². The Morgan fingerprint density at radius 1 is 1.23 bits per heavy atom. The Morgan fingerprint density at radius 2 is 1.90 bits per heavy atom. The van der Waals surface area contributed by atoms with E-state index in [1.165, 1.54) is 36.0 Å². The van der Waals surface area contributed by atoms with Gasteiger partial charge in [0.25, 0.3) is 0 Å². The Labute approximate surface area is 175 Å². The number of benzene rings is 1. The van der Waals surface area contributed by atoms with Gasteiger partial charge in [0, 0.05) is 30.8 Å². The van der Waals surface area contributed by atoms with E-state index in [9.17, 15) is 18.0 Å². The number of rotatable bonds is 9. The molecule has 1 amide bonds. The van der Waals surface area contributed by atoms with E-state index in [4.69, 9.17) is 9.84 Å². The summed E-state index contributed by atoms with van der Waals surface area (Å²) in [5, 5.41) is 15.6. The summed E-state index contributed by atoms with van der Waals surface area (Å²) in [6, 6.07) is 5.07. The third-order valence-electron chi connectivity index (χ3n) is 4.26. The van der Waals surface area contributed by atoms with E-state index in [0.717, 1.165) is 0 Å². The van der Waals surface area contributed by atoms with Crippen molar-refractivity contribution >= 4 is 27.6 Å². The summed E-state index contributed by atoms with van der Waals surface area (Å²) in [6.07, 6.45) is 0.572. The monoisotopic (exact) mass is 438 g/mol. The van der Waals surface area contributed by atoms with Crippen molar-refractivity contribution in [3.05, 3.63) is 30.0 Å². The predicted octanol–water partition coefficient (Wildman–Crippen LogP) is 2.58. The first-order chi connectivity index (χ1) is 13.9. The highest BCUT2D eigenvalue weighted by atomic mass is 32.2. The molecular weight excluding hydrogens is 412 g/mol. The molecule has 0 aliphatic carbocycles. The van der Waals surface area contributed by atoms with Gasteiger partial charge in [-0.1, -0.05) is 20.8 Å². The Morgan fingerprint density at radius 3 is 2.43 bits per heavy atom. The predicted molar refractivity (Wildman–Crippen MR) is 110 cm³/mol. The topological polar surface area (TPSA) is 140 Å². The van der Waals surface area contributed by atoms with Gasteiger partial charge in [-0.25, -0.2) is 22.6 Å². The number of carbonyl (C=O) groups is 2. The van der Waals surface area contributed by atoms with Crippen LogP contribution in [0.25, 0.3) is 0 Å². The number of sulfonamides is 1. The van der Waals surface area contributed by atoms with Crippen LogP contribution in [0.2, 0.25) is 0 Å². The van der Waals surface area contributed by atoms with Gasteiger partial charge in [0.1, 0.15) is 10.6 Å². The Hall–Kier alpha value is -2.92. The number of carbonyl (C=O) groups excluding carboxylic acids is 1. The van der Waals surface area contributed by atoms with Crippen LogP contribution in [-0.2, 0) is 21.9 Å². The van der Waals surface area contributed by atoms with Crippen molar-refractivity contribution in [2.45, 2.75) is 45.1 Å². The third kappa shape index (κ3) is 5.57. The van der Waals surface area contributed by atoms with E-state index in [1.54, 1.807) is 20.8 Å². The third-order valence-corrected chi connectivity index (χ3v) is 5.88. The molecule has 0 fully saturated rings. The average Bonchev–Trinajstić information content (AvgIpc) is 3.03. The number of amides is 1. The Kier molecular flexibility index (Phi) is 7.21. The molecule has 164 valence electrons. The number of anilines is 1. The number of nitrogens with zero attached hydrogens (tertiary/aromatic N) is 2. The lowest BCUT2D eigenvalue weighted by Gasteiger charge is -2.17. The van der Waals surface area contributed by atoms with E-state index in [0.29, 0.717) is 12.1 Å². The van der Waals surface area contributed by atoms with E-state index >= 15 is 0 Å². The molecule has 10 nitrogen and oxygen atoms in total. The van der Waals surface area contributed by atoms with Gasteiger partial charge < -0.3 is 15.2 Å². The van der Waals surface area contributed by atoms with Gasteiger partial charge in [-0.05, 0) is 31.5 Å². The van der Waals surface area contributed by atoms with Crippen molar-refractivity contribution in [3.63, 3.8) is 0 Å². The summed E-state index contributed by atoms with van der Waals surface area (Å²) in [5.74, 6) is -1.78. The molecule has 1 heterocycles. The number of hydrogen-bond donors (Lipinski definition) is 3. The van der Waals surface area contributed by atoms with Gasteiger partial charge in [0.05, 0.1) is 0 Å². The summed E-state index contributed by atoms with van der Waals surface area (Å²) in [7, 11) is -2.52. The average molecular weight is 439 g/mol. The molecule has 30 heavy (non-hydrogen) atoms. The fourth-order valence-corrected chi connectivity index (χ4v) is 3.82. The number of ether oxygens (including phenoxy) is 1. The lowest BCUT2D eigenvalue weighted by Crippen LogP contribution is -2.32. The zero-order chi connectivity index (χ0) is 22.6. The SMILES string of the molecule is CC[C@H](C)NS(=O)(=O)c1cc(NC(=O)C(C)C)ccc1Oc1cc(C(=O)O)nn1C. The first-order valence-corrected chi connectivity index (χ1v) is 10.8. The first-order valence-electron chi connectivity index (χ1n) is 9.37. The molecule has 0 unspecified atom stereocenters. The molecule has 0 aliphatic rings. The maximum Gasteiger partial charge on any atom is 0.356 e. The van der Waals surface area contributed by atoms with Crippen molar-refractivity contribution in [1.82, 2.24) is 14.5 Å². The molecule has 1 aromatic carbocycles. The molecular formula is C19H26N4O6S. The molecule has 3 N–H and O–H groups in total. The first kappa shape index (κ1) is 23.4. The zero-order valence-electron chi connectivity index (χ0n) is 17.5. The number of carboxylic acid groups (broad SMARTS) is 1. The van der Waals surface area contributed by atoms with E-state index in [-0.39, 0.29) is 40.1 Å². The highest BCUT2D eigenvalue weighted by Gasteiger charge is 2.24. The molecule has 0 saturated heterocycles. The van der Waals surface area contributed by atoms with Gasteiger partial charge >= 0.3 is 5.97 Å². The van der Waals surface area contributed by atoms with Crippen LogP contribution in [0.1, 0.15) is 44.6 Å². The number of aromatic nitrogens is 2. The highest BCUT2D eigenvalue weighted by Crippen LogP contribution is 2.32. The van der Waals surface area contributed by atoms with Crippen LogP contribution in [0.3, 0.4) is 0 Å². The Balaban J connectivity index is 2.50. The van der Waals surface area contributed by atoms with Gasteiger partial charge in [-0.2, -0.15) is 5.10 Å². The molecule has 0 aliphatic heterocycles. The van der Waals surface area contributed by atoms with Crippen LogP contribution in [-0.4, -0.2) is 41.2 Å². The normalized spacial score (nSPS) is 12.6. The smallest absolute Gasteiger partial charge is 0.356 e. The fourth-order valence-electron chi connectivity index (χ4n) is 2.34. The summed E-state index contributed by atoms with van der Waals surface area (Å²) < 4.78 is 35.4. The molecule has 0 bridgehead atoms. The summed E-state index contributed by atoms with van der Waals surface area (Å²) in [6.45, 7) is 7.00. The van der Waals surface area contributed by atoms with Crippen LogP contribution in [0.4, 0.5) is 5.69 Å². The van der Waals surface area contributed by atoms with Gasteiger partial charge in [0.15, 0.2) is 5.69 Å². The second-order valence-electron chi connectivity index (χ2n) is 7.13. The number of carboxylic acids is 1. The molecule has 0 radical (unpaired) electrons.